The highest BCUT2D eigenvalue weighted by atomic mass is 32.2. The molecule has 4 nitrogen and oxygen atoms in total. The van der Waals surface area contributed by atoms with Gasteiger partial charge in [0.15, 0.2) is 0 Å². The monoisotopic (exact) mass is 333 g/mol. The number of piperazine rings is 1. The lowest BCUT2D eigenvalue weighted by atomic mass is 9.93. The quantitative estimate of drug-likeness (QED) is 0.828. The van der Waals surface area contributed by atoms with Gasteiger partial charge < -0.3 is 4.90 Å². The molecular weight excluding hydrogens is 308 g/mol. The summed E-state index contributed by atoms with van der Waals surface area (Å²) in [5, 5.41) is 0. The Morgan fingerprint density at radius 3 is 2.39 bits per heavy atom. The highest BCUT2D eigenvalue weighted by molar-refractivity contribution is 7.89. The first-order valence-corrected chi connectivity index (χ1v) is 10.1. The van der Waals surface area contributed by atoms with E-state index < -0.39 is 10.0 Å². The van der Waals surface area contributed by atoms with Crippen LogP contribution in [0.3, 0.4) is 0 Å². The molecule has 1 saturated heterocycles. The lowest BCUT2D eigenvalue weighted by molar-refractivity contribution is -0.907. The van der Waals surface area contributed by atoms with Crippen molar-refractivity contribution in [1.29, 1.82) is 0 Å². The molecule has 1 saturated carbocycles. The fraction of sp³-hybridized carbons (Fsp3) is 0.556. The Labute approximate surface area is 138 Å². The van der Waals surface area contributed by atoms with Crippen LogP contribution in [0.4, 0.5) is 0 Å². The molecule has 124 valence electrons. The standard InChI is InChI=1S/C18H24N2O2S/c21-23(22,18-4-2-1-3-5-18)20-10-8-19(9-11-20)14-17-13-15-6-7-16(17)12-15/h1-7,15-17H,8-14H2/p+1/t15-,16+,17-/m1/s1. The minimum Gasteiger partial charge on any atom is -0.332 e. The number of sulfonamides is 1. The number of allylic oxidation sites excluding steroid dienone is 2. The molecule has 2 bridgehead atoms. The van der Waals surface area contributed by atoms with Gasteiger partial charge in [-0.1, -0.05) is 30.4 Å². The van der Waals surface area contributed by atoms with E-state index in [9.17, 15) is 8.42 Å². The molecule has 1 N–H and O–H groups in total. The SMILES string of the molecule is O=S(=O)(c1ccccc1)N1CC[NH+](C[C@H]2C[C@@H]3C=C[C@H]2C3)CC1. The molecule has 2 fully saturated rings. The van der Waals surface area contributed by atoms with Gasteiger partial charge >= 0.3 is 0 Å². The number of hydrogen-bond donors (Lipinski definition) is 1. The zero-order valence-electron chi connectivity index (χ0n) is 13.4. The Kier molecular flexibility index (Phi) is 4.03. The molecule has 1 aromatic rings. The summed E-state index contributed by atoms with van der Waals surface area (Å²) in [6, 6.07) is 8.81. The second kappa shape index (κ2) is 6.04. The van der Waals surface area contributed by atoms with Gasteiger partial charge in [-0.2, -0.15) is 4.31 Å². The summed E-state index contributed by atoms with van der Waals surface area (Å²) >= 11 is 0. The summed E-state index contributed by atoms with van der Waals surface area (Å²) in [5.41, 5.74) is 0. The van der Waals surface area contributed by atoms with Crippen LogP contribution in [0.15, 0.2) is 47.4 Å². The van der Waals surface area contributed by atoms with Crippen LogP contribution < -0.4 is 4.90 Å². The van der Waals surface area contributed by atoms with E-state index in [0.717, 1.165) is 30.8 Å². The Hall–Kier alpha value is -1.17. The fourth-order valence-corrected chi connectivity index (χ4v) is 5.95. The van der Waals surface area contributed by atoms with E-state index in [0.29, 0.717) is 18.0 Å². The Morgan fingerprint density at radius 2 is 1.78 bits per heavy atom. The predicted octanol–water partition coefficient (Wildman–Crippen LogP) is 0.788. The van der Waals surface area contributed by atoms with E-state index in [2.05, 4.69) is 12.2 Å². The highest BCUT2D eigenvalue weighted by Gasteiger charge is 2.39. The van der Waals surface area contributed by atoms with Crippen LogP contribution in [0.5, 0.6) is 0 Å². The zero-order valence-corrected chi connectivity index (χ0v) is 14.2. The summed E-state index contributed by atoms with van der Waals surface area (Å²) in [5.74, 6) is 2.43. The highest BCUT2D eigenvalue weighted by Crippen LogP contribution is 2.42. The Bertz CT molecular complexity index is 678. The molecule has 0 amide bonds. The summed E-state index contributed by atoms with van der Waals surface area (Å²) in [7, 11) is -3.31. The van der Waals surface area contributed by atoms with Crippen molar-refractivity contribution < 1.29 is 13.3 Å². The minimum atomic E-state index is -3.31. The van der Waals surface area contributed by atoms with Gasteiger partial charge in [-0.05, 0) is 36.8 Å². The van der Waals surface area contributed by atoms with Crippen LogP contribution in [-0.4, -0.2) is 45.4 Å². The van der Waals surface area contributed by atoms with Crippen molar-refractivity contribution in [2.75, 3.05) is 32.7 Å². The molecular formula is C18H25N2O2S+. The lowest BCUT2D eigenvalue weighted by Crippen LogP contribution is -3.15. The van der Waals surface area contributed by atoms with Gasteiger partial charge in [-0.25, -0.2) is 8.42 Å². The number of rotatable bonds is 4. The van der Waals surface area contributed by atoms with Gasteiger partial charge in [-0.15, -0.1) is 0 Å². The van der Waals surface area contributed by atoms with E-state index in [1.165, 1.54) is 19.4 Å². The van der Waals surface area contributed by atoms with Crippen molar-refractivity contribution >= 4 is 10.0 Å². The Balaban J connectivity index is 1.35. The molecule has 1 aromatic carbocycles. The molecule has 0 radical (unpaired) electrons. The van der Waals surface area contributed by atoms with Crippen molar-refractivity contribution in [3.63, 3.8) is 0 Å². The molecule has 0 unspecified atom stereocenters. The molecule has 2 aliphatic carbocycles. The van der Waals surface area contributed by atoms with E-state index >= 15 is 0 Å². The summed E-state index contributed by atoms with van der Waals surface area (Å²) < 4.78 is 27.0. The summed E-state index contributed by atoms with van der Waals surface area (Å²) in [4.78, 5) is 2.00. The molecule has 23 heavy (non-hydrogen) atoms. The first-order chi connectivity index (χ1) is 11.1. The molecule has 3 atom stereocenters. The number of quaternary nitrogens is 1. The number of nitrogens with zero attached hydrogens (tertiary/aromatic N) is 1. The first kappa shape index (κ1) is 15.4. The summed E-state index contributed by atoms with van der Waals surface area (Å²) in [6.45, 7) is 4.37. The van der Waals surface area contributed by atoms with Crippen LogP contribution in [-0.2, 0) is 10.0 Å². The normalized spacial score (nSPS) is 31.7. The fourth-order valence-electron chi connectivity index (χ4n) is 4.49. The topological polar surface area (TPSA) is 41.8 Å². The van der Waals surface area contributed by atoms with Crippen molar-refractivity contribution in [3.05, 3.63) is 42.5 Å². The average molecular weight is 333 g/mol. The molecule has 0 aromatic heterocycles. The third-order valence-corrected chi connectivity index (χ3v) is 7.69. The lowest BCUT2D eigenvalue weighted by Gasteiger charge is -2.33. The third-order valence-electron chi connectivity index (χ3n) is 5.78. The van der Waals surface area contributed by atoms with Gasteiger partial charge in [-0.3, -0.25) is 0 Å². The van der Waals surface area contributed by atoms with E-state index in [-0.39, 0.29) is 0 Å². The second-order valence-corrected chi connectivity index (χ2v) is 9.15. The predicted molar refractivity (Wildman–Crippen MR) is 89.6 cm³/mol. The van der Waals surface area contributed by atoms with Gasteiger partial charge in [0.2, 0.25) is 10.0 Å². The minimum absolute atomic E-state index is 0.418. The van der Waals surface area contributed by atoms with E-state index in [1.807, 2.05) is 6.07 Å². The molecule has 0 spiro atoms. The van der Waals surface area contributed by atoms with Crippen LogP contribution in [0.25, 0.3) is 0 Å². The maximum Gasteiger partial charge on any atom is 0.243 e. The molecule has 4 rings (SSSR count). The maximum absolute atomic E-state index is 12.7. The van der Waals surface area contributed by atoms with Crippen molar-refractivity contribution in [2.24, 2.45) is 17.8 Å². The number of benzene rings is 1. The largest absolute Gasteiger partial charge is 0.332 e. The molecule has 3 aliphatic rings. The first-order valence-electron chi connectivity index (χ1n) is 8.70. The second-order valence-electron chi connectivity index (χ2n) is 7.21. The molecule has 5 heteroatoms. The van der Waals surface area contributed by atoms with Crippen LogP contribution in [0.2, 0.25) is 0 Å². The van der Waals surface area contributed by atoms with Gasteiger partial charge in [0, 0.05) is 5.92 Å². The van der Waals surface area contributed by atoms with E-state index in [4.69, 9.17) is 0 Å². The Morgan fingerprint density at radius 1 is 1.04 bits per heavy atom. The van der Waals surface area contributed by atoms with Gasteiger partial charge in [0.05, 0.1) is 37.6 Å². The number of hydrogen-bond acceptors (Lipinski definition) is 2. The van der Waals surface area contributed by atoms with Gasteiger partial charge in [0.25, 0.3) is 0 Å². The molecule has 1 aliphatic heterocycles. The maximum atomic E-state index is 12.7. The van der Waals surface area contributed by atoms with E-state index in [1.54, 1.807) is 33.5 Å². The van der Waals surface area contributed by atoms with Gasteiger partial charge in [0.1, 0.15) is 0 Å². The van der Waals surface area contributed by atoms with Crippen molar-refractivity contribution in [3.8, 4) is 0 Å². The van der Waals surface area contributed by atoms with Crippen LogP contribution in [0.1, 0.15) is 12.8 Å². The summed E-state index contributed by atoms with van der Waals surface area (Å²) in [6.07, 6.45) is 7.50. The smallest absolute Gasteiger partial charge is 0.243 e. The number of fused-ring (bicyclic) bond motifs is 2. The zero-order chi connectivity index (χ0) is 15.9. The average Bonchev–Trinajstić information content (AvgIpc) is 3.19. The number of nitrogens with one attached hydrogen (secondary N) is 1. The van der Waals surface area contributed by atoms with Crippen molar-refractivity contribution in [2.45, 2.75) is 17.7 Å². The third kappa shape index (κ3) is 2.97. The van der Waals surface area contributed by atoms with Crippen LogP contribution >= 0.6 is 0 Å². The van der Waals surface area contributed by atoms with Crippen molar-refractivity contribution in [1.82, 2.24) is 4.31 Å². The molecule has 1 heterocycles. The van der Waals surface area contributed by atoms with Crippen LogP contribution in [0, 0.1) is 17.8 Å².